The molecule has 0 radical (unpaired) electrons. The van der Waals surface area contributed by atoms with Gasteiger partial charge in [-0.05, 0) is 37.8 Å². The van der Waals surface area contributed by atoms with Gasteiger partial charge in [0.15, 0.2) is 5.02 Å². The van der Waals surface area contributed by atoms with Gasteiger partial charge in [-0.1, -0.05) is 23.2 Å². The number of aromatic nitrogens is 3. The Morgan fingerprint density at radius 2 is 1.93 bits per heavy atom. The van der Waals surface area contributed by atoms with Gasteiger partial charge in [0.05, 0.1) is 30.0 Å². The molecule has 1 aliphatic rings. The molecule has 1 atom stereocenters. The van der Waals surface area contributed by atoms with Crippen molar-refractivity contribution in [1.82, 2.24) is 20.3 Å². The van der Waals surface area contributed by atoms with Gasteiger partial charge in [-0.15, -0.1) is 0 Å². The van der Waals surface area contributed by atoms with E-state index in [-0.39, 0.29) is 41.4 Å². The lowest BCUT2D eigenvalue weighted by atomic mass is 9.83. The van der Waals surface area contributed by atoms with Crippen molar-refractivity contribution in [2.24, 2.45) is 5.92 Å². The third kappa shape index (κ3) is 6.68. The molecule has 3 rings (SSSR count). The number of rotatable bonds is 10. The zero-order valence-corrected chi connectivity index (χ0v) is 18.3. The van der Waals surface area contributed by atoms with Crippen molar-refractivity contribution < 1.29 is 19.0 Å². The minimum atomic E-state index is -0.0551. The molecular weight excluding hydrogens is 431 g/mol. The molecule has 162 valence electrons. The molecule has 2 aromatic heterocycles. The van der Waals surface area contributed by atoms with Gasteiger partial charge in [0.25, 0.3) is 0 Å². The molecule has 0 aromatic carbocycles. The maximum atomic E-state index is 11.0. The van der Waals surface area contributed by atoms with Crippen LogP contribution in [-0.2, 0) is 16.1 Å². The summed E-state index contributed by atoms with van der Waals surface area (Å²) >= 11 is 12.1. The first-order valence-corrected chi connectivity index (χ1v) is 10.4. The van der Waals surface area contributed by atoms with Gasteiger partial charge >= 0.3 is 0 Å². The van der Waals surface area contributed by atoms with Gasteiger partial charge in [0.1, 0.15) is 12.9 Å². The van der Waals surface area contributed by atoms with E-state index in [0.717, 1.165) is 12.8 Å². The van der Waals surface area contributed by atoms with E-state index >= 15 is 0 Å². The molecule has 0 spiro atoms. The number of nitrogens with zero attached hydrogens (tertiary/aromatic N) is 3. The highest BCUT2D eigenvalue weighted by molar-refractivity contribution is 6.33. The highest BCUT2D eigenvalue weighted by Gasteiger charge is 2.31. The van der Waals surface area contributed by atoms with Crippen LogP contribution >= 0.6 is 23.2 Å². The first-order valence-electron chi connectivity index (χ1n) is 9.66. The van der Waals surface area contributed by atoms with Crippen LogP contribution in [0.15, 0.2) is 24.7 Å². The molecule has 0 unspecified atom stereocenters. The lowest BCUT2D eigenvalue weighted by Crippen LogP contribution is -2.40. The van der Waals surface area contributed by atoms with Crippen LogP contribution in [-0.4, -0.2) is 46.2 Å². The standard InChI is InChI=1S/C20H24Cl2N4O4/c1-12(26-13(2)27)8-28-17-5-14(6-17)9-29-19-18(22)20(25-11-24-19)30-10-16-4-3-15(21)7-23-16/h3-4,7,11-12,14,17H,5-6,8-10H2,1-2H3,(H,26,27)/t12-,14?,17?/m0/s1. The Morgan fingerprint density at radius 3 is 2.60 bits per heavy atom. The van der Waals surface area contributed by atoms with Crippen molar-refractivity contribution in [3.05, 3.63) is 40.4 Å². The number of halogens is 2. The minimum absolute atomic E-state index is 0.000816. The number of nitrogens with one attached hydrogen (secondary N) is 1. The zero-order valence-electron chi connectivity index (χ0n) is 16.8. The molecule has 10 heteroatoms. The number of pyridine rings is 1. The van der Waals surface area contributed by atoms with Gasteiger partial charge in [0.2, 0.25) is 17.7 Å². The van der Waals surface area contributed by atoms with E-state index < -0.39 is 0 Å². The van der Waals surface area contributed by atoms with E-state index in [9.17, 15) is 4.79 Å². The Labute approximate surface area is 185 Å². The summed E-state index contributed by atoms with van der Waals surface area (Å²) in [6.45, 7) is 4.59. The molecule has 1 amide bonds. The summed E-state index contributed by atoms with van der Waals surface area (Å²) in [4.78, 5) is 23.3. The van der Waals surface area contributed by atoms with Crippen LogP contribution in [0.5, 0.6) is 11.8 Å². The number of hydrogen-bond acceptors (Lipinski definition) is 7. The lowest BCUT2D eigenvalue weighted by molar-refractivity contribution is -0.120. The quantitative estimate of drug-likeness (QED) is 0.586. The predicted molar refractivity (Wildman–Crippen MR) is 112 cm³/mol. The number of hydrogen-bond donors (Lipinski definition) is 1. The Kier molecular flexibility index (Phi) is 8.07. The fourth-order valence-corrected chi connectivity index (χ4v) is 3.31. The van der Waals surface area contributed by atoms with Crippen LogP contribution in [0.1, 0.15) is 32.4 Å². The lowest BCUT2D eigenvalue weighted by Gasteiger charge is -2.35. The molecule has 1 N–H and O–H groups in total. The number of carbonyl (C=O) groups excluding carboxylic acids is 1. The molecule has 30 heavy (non-hydrogen) atoms. The topological polar surface area (TPSA) is 95.5 Å². The Bertz CT molecular complexity index is 847. The summed E-state index contributed by atoms with van der Waals surface area (Å²) < 4.78 is 17.2. The second kappa shape index (κ2) is 10.7. The first-order chi connectivity index (χ1) is 14.4. The van der Waals surface area contributed by atoms with E-state index in [2.05, 4.69) is 20.3 Å². The smallest absolute Gasteiger partial charge is 0.240 e. The van der Waals surface area contributed by atoms with Crippen molar-refractivity contribution in [3.63, 3.8) is 0 Å². The predicted octanol–water partition coefficient (Wildman–Crippen LogP) is 3.46. The highest BCUT2D eigenvalue weighted by Crippen LogP contribution is 2.34. The van der Waals surface area contributed by atoms with Crippen molar-refractivity contribution in [1.29, 1.82) is 0 Å². The Morgan fingerprint density at radius 1 is 1.20 bits per heavy atom. The number of amides is 1. The van der Waals surface area contributed by atoms with E-state index in [0.29, 0.717) is 29.8 Å². The highest BCUT2D eigenvalue weighted by atomic mass is 35.5. The summed E-state index contributed by atoms with van der Waals surface area (Å²) in [6, 6.07) is 3.50. The van der Waals surface area contributed by atoms with Crippen molar-refractivity contribution in [3.8, 4) is 11.8 Å². The SMILES string of the molecule is CC(=O)N[C@@H](C)COC1CC(COc2ncnc(OCc3ccc(Cl)cn3)c2Cl)C1. The molecule has 0 bridgehead atoms. The molecule has 2 aromatic rings. The molecule has 1 fully saturated rings. The van der Waals surface area contributed by atoms with E-state index in [1.807, 2.05) is 6.92 Å². The van der Waals surface area contributed by atoms with E-state index in [4.69, 9.17) is 37.4 Å². The van der Waals surface area contributed by atoms with Crippen LogP contribution in [0, 0.1) is 5.92 Å². The molecule has 0 saturated heterocycles. The maximum absolute atomic E-state index is 11.0. The number of ether oxygens (including phenoxy) is 3. The summed E-state index contributed by atoms with van der Waals surface area (Å²) in [5, 5.41) is 3.58. The van der Waals surface area contributed by atoms with Gasteiger partial charge in [0, 0.05) is 19.2 Å². The van der Waals surface area contributed by atoms with Crippen LogP contribution in [0.4, 0.5) is 0 Å². The second-order valence-electron chi connectivity index (χ2n) is 7.26. The summed E-state index contributed by atoms with van der Waals surface area (Å²) in [7, 11) is 0. The second-order valence-corrected chi connectivity index (χ2v) is 8.07. The zero-order chi connectivity index (χ0) is 21.5. The average Bonchev–Trinajstić information content (AvgIpc) is 2.67. The van der Waals surface area contributed by atoms with Crippen LogP contribution < -0.4 is 14.8 Å². The molecule has 0 aliphatic heterocycles. The van der Waals surface area contributed by atoms with Crippen LogP contribution in [0.25, 0.3) is 0 Å². The largest absolute Gasteiger partial charge is 0.476 e. The molecule has 2 heterocycles. The maximum Gasteiger partial charge on any atom is 0.240 e. The molecule has 1 aliphatic carbocycles. The number of carbonyl (C=O) groups is 1. The normalized spacial score (nSPS) is 18.9. The van der Waals surface area contributed by atoms with Gasteiger partial charge in [-0.25, -0.2) is 9.97 Å². The van der Waals surface area contributed by atoms with Gasteiger partial charge in [-0.3, -0.25) is 9.78 Å². The fraction of sp³-hybridized carbons (Fsp3) is 0.500. The summed E-state index contributed by atoms with van der Waals surface area (Å²) in [5.74, 6) is 0.829. The van der Waals surface area contributed by atoms with E-state index in [1.165, 1.54) is 13.3 Å². The van der Waals surface area contributed by atoms with E-state index in [1.54, 1.807) is 18.3 Å². The third-order valence-electron chi connectivity index (χ3n) is 4.55. The summed E-state index contributed by atoms with van der Waals surface area (Å²) in [6.07, 6.45) is 4.86. The van der Waals surface area contributed by atoms with Gasteiger partial charge in [-0.2, -0.15) is 0 Å². The monoisotopic (exact) mass is 454 g/mol. The Hall–Kier alpha value is -2.16. The third-order valence-corrected chi connectivity index (χ3v) is 5.10. The van der Waals surface area contributed by atoms with Gasteiger partial charge < -0.3 is 19.5 Å². The summed E-state index contributed by atoms with van der Waals surface area (Å²) in [5.41, 5.74) is 0.699. The average molecular weight is 455 g/mol. The van der Waals surface area contributed by atoms with Crippen molar-refractivity contribution >= 4 is 29.1 Å². The molecular formula is C20H24Cl2N4O4. The minimum Gasteiger partial charge on any atom is -0.476 e. The van der Waals surface area contributed by atoms with Crippen molar-refractivity contribution in [2.45, 2.75) is 45.4 Å². The van der Waals surface area contributed by atoms with Crippen LogP contribution in [0.3, 0.4) is 0 Å². The van der Waals surface area contributed by atoms with Crippen molar-refractivity contribution in [2.75, 3.05) is 13.2 Å². The fourth-order valence-electron chi connectivity index (χ4n) is 2.99. The Balaban J connectivity index is 1.40. The first kappa shape index (κ1) is 22.5. The molecule has 1 saturated carbocycles. The van der Waals surface area contributed by atoms with Crippen LogP contribution in [0.2, 0.25) is 10.0 Å². The molecule has 8 nitrogen and oxygen atoms in total.